The zero-order valence-electron chi connectivity index (χ0n) is 17.2. The molecule has 2 rings (SSSR count). The molecular weight excluding hydrogens is 376 g/mol. The lowest BCUT2D eigenvalue weighted by Gasteiger charge is -2.27. The molecule has 4 atom stereocenters. The van der Waals surface area contributed by atoms with Crippen molar-refractivity contribution in [2.24, 2.45) is 11.8 Å². The van der Waals surface area contributed by atoms with E-state index in [-0.39, 0.29) is 37.0 Å². The number of nitrogens with one attached hydrogen (secondary N) is 2. The van der Waals surface area contributed by atoms with Gasteiger partial charge in [0.2, 0.25) is 5.91 Å². The Morgan fingerprint density at radius 1 is 1.10 bits per heavy atom. The summed E-state index contributed by atoms with van der Waals surface area (Å²) >= 11 is 0. The number of carboxylic acid groups (broad SMARTS) is 1. The van der Waals surface area contributed by atoms with E-state index in [9.17, 15) is 14.4 Å². The number of ether oxygens (including phenoxy) is 2. The van der Waals surface area contributed by atoms with E-state index in [1.807, 2.05) is 13.0 Å². The summed E-state index contributed by atoms with van der Waals surface area (Å²) in [7, 11) is 0. The van der Waals surface area contributed by atoms with Gasteiger partial charge in [-0.15, -0.1) is 0 Å². The standard InChI is InChI=1S/C21H34N2O6/c1-2-3-12-28-21(27)23-14-19(24)22-13-16-15(17-10-11-18(16)29-17)8-6-4-5-7-9-20(25)26/h4,6,15-18H,2-3,5,7-14H2,1H3,(H,22,24)(H,23,27)(H,25,26)/t15-,16+,17-,18+/m1/s1. The molecule has 2 aliphatic rings. The molecule has 2 bridgehead atoms. The molecule has 0 aliphatic carbocycles. The van der Waals surface area contributed by atoms with E-state index in [1.54, 1.807) is 0 Å². The Bertz CT molecular complexity index is 580. The fourth-order valence-corrected chi connectivity index (χ4v) is 4.03. The van der Waals surface area contributed by atoms with Gasteiger partial charge in [-0.25, -0.2) is 4.79 Å². The number of amides is 2. The van der Waals surface area contributed by atoms with Gasteiger partial charge in [-0.1, -0.05) is 25.5 Å². The molecule has 164 valence electrons. The highest BCUT2D eigenvalue weighted by atomic mass is 16.5. The Labute approximate surface area is 172 Å². The number of hydrogen-bond acceptors (Lipinski definition) is 5. The van der Waals surface area contributed by atoms with Crippen LogP contribution in [0.1, 0.15) is 58.3 Å². The highest BCUT2D eigenvalue weighted by Gasteiger charge is 2.47. The predicted octanol–water partition coefficient (Wildman–Crippen LogP) is 2.62. The molecule has 2 heterocycles. The van der Waals surface area contributed by atoms with E-state index in [2.05, 4.69) is 16.7 Å². The smallest absolute Gasteiger partial charge is 0.407 e. The highest BCUT2D eigenvalue weighted by molar-refractivity contribution is 5.82. The first-order valence-corrected chi connectivity index (χ1v) is 10.7. The van der Waals surface area contributed by atoms with E-state index >= 15 is 0 Å². The lowest BCUT2D eigenvalue weighted by Crippen LogP contribution is -2.42. The minimum atomic E-state index is -0.764. The molecule has 29 heavy (non-hydrogen) atoms. The Morgan fingerprint density at radius 2 is 1.86 bits per heavy atom. The molecule has 0 unspecified atom stereocenters. The van der Waals surface area contributed by atoms with Crippen molar-refractivity contribution in [1.29, 1.82) is 0 Å². The van der Waals surface area contributed by atoms with Crippen LogP contribution in [0.5, 0.6) is 0 Å². The minimum Gasteiger partial charge on any atom is -0.481 e. The van der Waals surface area contributed by atoms with Crippen LogP contribution in [0, 0.1) is 11.8 Å². The summed E-state index contributed by atoms with van der Waals surface area (Å²) in [5.74, 6) is -0.378. The molecule has 0 aromatic heterocycles. The monoisotopic (exact) mass is 410 g/mol. The van der Waals surface area contributed by atoms with Crippen LogP contribution in [0.15, 0.2) is 12.2 Å². The highest BCUT2D eigenvalue weighted by Crippen LogP contribution is 2.44. The quantitative estimate of drug-likeness (QED) is 0.318. The minimum absolute atomic E-state index is 0.0965. The van der Waals surface area contributed by atoms with E-state index in [1.165, 1.54) is 0 Å². The van der Waals surface area contributed by atoms with Crippen LogP contribution in [0.25, 0.3) is 0 Å². The molecule has 8 heteroatoms. The van der Waals surface area contributed by atoms with Gasteiger partial charge in [0, 0.05) is 18.9 Å². The third-order valence-electron chi connectivity index (χ3n) is 5.59. The van der Waals surface area contributed by atoms with Crippen molar-refractivity contribution in [2.45, 2.75) is 70.5 Å². The van der Waals surface area contributed by atoms with Gasteiger partial charge >= 0.3 is 12.1 Å². The van der Waals surface area contributed by atoms with Crippen molar-refractivity contribution in [3.63, 3.8) is 0 Å². The van der Waals surface area contributed by atoms with E-state index < -0.39 is 12.1 Å². The number of hydrogen-bond donors (Lipinski definition) is 3. The normalized spacial score (nSPS) is 25.3. The summed E-state index contributed by atoms with van der Waals surface area (Å²) < 4.78 is 11.0. The van der Waals surface area contributed by atoms with Gasteiger partial charge in [-0.3, -0.25) is 9.59 Å². The molecule has 0 aromatic carbocycles. The number of aliphatic carboxylic acids is 1. The summed E-state index contributed by atoms with van der Waals surface area (Å²) in [6.45, 7) is 2.80. The van der Waals surface area contributed by atoms with Crippen molar-refractivity contribution >= 4 is 18.0 Å². The van der Waals surface area contributed by atoms with Gasteiger partial charge in [0.1, 0.15) is 0 Å². The van der Waals surface area contributed by atoms with Gasteiger partial charge in [0.15, 0.2) is 0 Å². The van der Waals surface area contributed by atoms with Crippen LogP contribution in [0.3, 0.4) is 0 Å². The van der Waals surface area contributed by atoms with Crippen molar-refractivity contribution in [1.82, 2.24) is 10.6 Å². The summed E-state index contributed by atoms with van der Waals surface area (Å²) in [6.07, 6.45) is 10.3. The molecule has 0 saturated carbocycles. The number of fused-ring (bicyclic) bond motifs is 2. The maximum atomic E-state index is 12.1. The van der Waals surface area contributed by atoms with Gasteiger partial charge in [-0.05, 0) is 44.4 Å². The molecule has 2 amide bonds. The molecule has 2 aliphatic heterocycles. The number of carboxylic acids is 1. The van der Waals surface area contributed by atoms with Crippen molar-refractivity contribution in [2.75, 3.05) is 19.7 Å². The van der Waals surface area contributed by atoms with Crippen molar-refractivity contribution in [3.05, 3.63) is 12.2 Å². The van der Waals surface area contributed by atoms with Crippen LogP contribution in [0.2, 0.25) is 0 Å². The van der Waals surface area contributed by atoms with Gasteiger partial charge < -0.3 is 25.2 Å². The number of rotatable bonds is 13. The Kier molecular flexibility index (Phi) is 9.97. The van der Waals surface area contributed by atoms with E-state index in [4.69, 9.17) is 14.6 Å². The lowest BCUT2D eigenvalue weighted by atomic mass is 9.77. The molecular formula is C21H34N2O6. The van der Waals surface area contributed by atoms with Crippen LogP contribution in [0.4, 0.5) is 4.79 Å². The van der Waals surface area contributed by atoms with Gasteiger partial charge in [0.25, 0.3) is 0 Å². The van der Waals surface area contributed by atoms with Crippen LogP contribution >= 0.6 is 0 Å². The Balaban J connectivity index is 1.68. The first-order chi connectivity index (χ1) is 14.0. The van der Waals surface area contributed by atoms with Gasteiger partial charge in [0.05, 0.1) is 25.4 Å². The van der Waals surface area contributed by atoms with Crippen molar-refractivity contribution < 1.29 is 29.0 Å². The Hall–Kier alpha value is -2.09. The topological polar surface area (TPSA) is 114 Å². The second kappa shape index (κ2) is 12.5. The lowest BCUT2D eigenvalue weighted by molar-refractivity contribution is -0.137. The third kappa shape index (κ3) is 8.04. The fraction of sp³-hybridized carbons (Fsp3) is 0.762. The second-order valence-electron chi connectivity index (χ2n) is 7.76. The molecule has 8 nitrogen and oxygen atoms in total. The number of carbonyl (C=O) groups excluding carboxylic acids is 2. The van der Waals surface area contributed by atoms with Crippen LogP contribution < -0.4 is 10.6 Å². The number of allylic oxidation sites excluding steroid dienone is 2. The number of carbonyl (C=O) groups is 3. The zero-order chi connectivity index (χ0) is 21.1. The first-order valence-electron chi connectivity index (χ1n) is 10.7. The maximum absolute atomic E-state index is 12.1. The fourth-order valence-electron chi connectivity index (χ4n) is 4.03. The van der Waals surface area contributed by atoms with Crippen LogP contribution in [-0.4, -0.2) is 55.0 Å². The molecule has 0 radical (unpaired) electrons. The molecule has 2 fully saturated rings. The second-order valence-corrected chi connectivity index (χ2v) is 7.76. The SMILES string of the molecule is CCCCOC(=O)NCC(=O)NC[C@H]1[C@@H](CC=CCCCC(=O)O)[C@H]2CC[C@@H]1O2. The van der Waals surface area contributed by atoms with Crippen molar-refractivity contribution in [3.8, 4) is 0 Å². The third-order valence-corrected chi connectivity index (χ3v) is 5.59. The number of alkyl carbamates (subject to hydrolysis) is 1. The largest absolute Gasteiger partial charge is 0.481 e. The number of unbranched alkanes of at least 4 members (excludes halogenated alkanes) is 2. The average Bonchev–Trinajstić information content (AvgIpc) is 3.29. The van der Waals surface area contributed by atoms with E-state index in [0.29, 0.717) is 25.5 Å². The van der Waals surface area contributed by atoms with Gasteiger partial charge in [-0.2, -0.15) is 0 Å². The molecule has 0 spiro atoms. The zero-order valence-corrected chi connectivity index (χ0v) is 17.2. The molecule has 0 aromatic rings. The van der Waals surface area contributed by atoms with Crippen LogP contribution in [-0.2, 0) is 19.1 Å². The summed E-state index contributed by atoms with van der Waals surface area (Å²) in [4.78, 5) is 34.1. The van der Waals surface area contributed by atoms with E-state index in [0.717, 1.165) is 38.5 Å². The summed E-state index contributed by atoms with van der Waals surface area (Å²) in [5.41, 5.74) is 0. The predicted molar refractivity (Wildman–Crippen MR) is 107 cm³/mol. The Morgan fingerprint density at radius 3 is 2.59 bits per heavy atom. The first kappa shape index (κ1) is 23.2. The molecule has 3 N–H and O–H groups in total. The average molecular weight is 411 g/mol. The summed E-state index contributed by atoms with van der Waals surface area (Å²) in [6, 6.07) is 0. The molecule has 2 saturated heterocycles. The maximum Gasteiger partial charge on any atom is 0.407 e. The summed E-state index contributed by atoms with van der Waals surface area (Å²) in [5, 5.41) is 14.0.